The summed E-state index contributed by atoms with van der Waals surface area (Å²) in [6, 6.07) is 0. The third kappa shape index (κ3) is 1.07. The van der Waals surface area contributed by atoms with Gasteiger partial charge in [0, 0.05) is 17.8 Å². The van der Waals surface area contributed by atoms with E-state index >= 15 is 0 Å². The summed E-state index contributed by atoms with van der Waals surface area (Å²) in [5, 5.41) is 12.4. The van der Waals surface area contributed by atoms with Crippen LogP contribution in [-0.4, -0.2) is 17.8 Å². The first-order valence-corrected chi connectivity index (χ1v) is 3.54. The van der Waals surface area contributed by atoms with Crippen molar-refractivity contribution in [3.05, 3.63) is 23.4 Å². The van der Waals surface area contributed by atoms with Gasteiger partial charge in [-0.05, 0) is 13.8 Å². The van der Waals surface area contributed by atoms with E-state index < -0.39 is 0 Å². The fraction of sp³-hybridized carbons (Fsp3) is 0.500. The molecule has 2 N–H and O–H groups in total. The molecule has 1 heterocycles. The predicted molar refractivity (Wildman–Crippen MR) is 41.5 cm³/mol. The highest BCUT2D eigenvalue weighted by atomic mass is 16.3. The van der Waals surface area contributed by atoms with E-state index in [4.69, 9.17) is 0 Å². The predicted octanol–water partition coefficient (Wildman–Crippen LogP) is 0.801. The molecule has 1 unspecified atom stereocenters. The van der Waals surface area contributed by atoms with E-state index in [0.717, 1.165) is 11.3 Å². The quantitative estimate of drug-likeness (QED) is 0.520. The molecule has 2 nitrogen and oxygen atoms in total. The van der Waals surface area contributed by atoms with Crippen molar-refractivity contribution < 1.29 is 5.11 Å². The second kappa shape index (κ2) is 2.88. The Balaban J connectivity index is 2.84. The monoisotopic (exact) mass is 139 g/mol. The number of hydrogen-bond donors (Lipinski definition) is 2. The van der Waals surface area contributed by atoms with Crippen LogP contribution < -0.4 is 5.32 Å². The van der Waals surface area contributed by atoms with Crippen LogP contribution in [0.3, 0.4) is 0 Å². The summed E-state index contributed by atoms with van der Waals surface area (Å²) in [7, 11) is 0. The molecule has 0 spiro atoms. The van der Waals surface area contributed by atoms with Gasteiger partial charge in [0.05, 0.1) is 6.10 Å². The number of hydrogen-bond acceptors (Lipinski definition) is 2. The molecule has 0 radical (unpaired) electrons. The van der Waals surface area contributed by atoms with Gasteiger partial charge in [-0.15, -0.1) is 0 Å². The molecule has 56 valence electrons. The van der Waals surface area contributed by atoms with E-state index in [0.29, 0.717) is 6.54 Å². The van der Waals surface area contributed by atoms with E-state index in [1.807, 2.05) is 26.0 Å². The zero-order valence-electron chi connectivity index (χ0n) is 6.39. The smallest absolute Gasteiger partial charge is 0.0978 e. The molecule has 1 rings (SSSR count). The second-order valence-corrected chi connectivity index (χ2v) is 2.34. The molecule has 0 aromatic rings. The first-order chi connectivity index (χ1) is 4.79. The molecule has 0 aromatic heterocycles. The SMILES string of the molecule is C/C=C1/NCC(O)/C1=C/C. The minimum absolute atomic E-state index is 0.309. The Morgan fingerprint density at radius 3 is 2.60 bits per heavy atom. The maximum absolute atomic E-state index is 9.32. The van der Waals surface area contributed by atoms with Gasteiger partial charge in [0.1, 0.15) is 0 Å². The molecule has 1 fully saturated rings. The summed E-state index contributed by atoms with van der Waals surface area (Å²) in [6.45, 7) is 4.55. The molecule has 10 heavy (non-hydrogen) atoms. The number of nitrogens with one attached hydrogen (secondary N) is 1. The van der Waals surface area contributed by atoms with Crippen molar-refractivity contribution in [1.82, 2.24) is 5.32 Å². The highest BCUT2D eigenvalue weighted by Crippen LogP contribution is 2.17. The maximum atomic E-state index is 9.32. The van der Waals surface area contributed by atoms with Gasteiger partial charge in [-0.1, -0.05) is 12.2 Å². The lowest BCUT2D eigenvalue weighted by Gasteiger charge is -2.00. The molecule has 1 aliphatic rings. The highest BCUT2D eigenvalue weighted by Gasteiger charge is 2.20. The summed E-state index contributed by atoms with van der Waals surface area (Å²) >= 11 is 0. The van der Waals surface area contributed by atoms with Gasteiger partial charge >= 0.3 is 0 Å². The Bertz CT molecular complexity index is 182. The first-order valence-electron chi connectivity index (χ1n) is 3.54. The maximum Gasteiger partial charge on any atom is 0.0978 e. The summed E-state index contributed by atoms with van der Waals surface area (Å²) in [6.07, 6.45) is 3.61. The Hall–Kier alpha value is -0.760. The van der Waals surface area contributed by atoms with E-state index in [-0.39, 0.29) is 6.10 Å². The summed E-state index contributed by atoms with van der Waals surface area (Å²) in [4.78, 5) is 0. The van der Waals surface area contributed by atoms with Crippen LogP contribution in [-0.2, 0) is 0 Å². The minimum Gasteiger partial charge on any atom is -0.387 e. The van der Waals surface area contributed by atoms with Crippen molar-refractivity contribution in [3.63, 3.8) is 0 Å². The Kier molecular flexibility index (Phi) is 2.12. The van der Waals surface area contributed by atoms with E-state index in [1.54, 1.807) is 0 Å². The molecular formula is C8H13NO. The standard InChI is InChI=1S/C8H13NO/c1-3-6-7(4-2)9-5-8(6)10/h3-4,8-10H,5H2,1-2H3/b6-3+,7-4+. The van der Waals surface area contributed by atoms with Gasteiger partial charge in [0.15, 0.2) is 0 Å². The number of rotatable bonds is 0. The second-order valence-electron chi connectivity index (χ2n) is 2.34. The van der Waals surface area contributed by atoms with E-state index in [1.165, 1.54) is 0 Å². The molecule has 0 aromatic carbocycles. The normalized spacial score (nSPS) is 33.3. The third-order valence-electron chi connectivity index (χ3n) is 1.76. The average molecular weight is 139 g/mol. The molecule has 0 saturated carbocycles. The number of aliphatic hydroxyl groups is 1. The first kappa shape index (κ1) is 7.35. The van der Waals surface area contributed by atoms with Gasteiger partial charge in [-0.3, -0.25) is 0 Å². The summed E-state index contributed by atoms with van der Waals surface area (Å²) in [5.74, 6) is 0. The molecule has 1 aliphatic heterocycles. The van der Waals surface area contributed by atoms with Crippen LogP contribution in [0.5, 0.6) is 0 Å². The van der Waals surface area contributed by atoms with Crippen LogP contribution in [0.15, 0.2) is 23.4 Å². The van der Waals surface area contributed by atoms with Crippen molar-refractivity contribution in [3.8, 4) is 0 Å². The molecule has 1 atom stereocenters. The van der Waals surface area contributed by atoms with Crippen LogP contribution in [0.2, 0.25) is 0 Å². The molecule has 0 aliphatic carbocycles. The minimum atomic E-state index is -0.309. The fourth-order valence-electron chi connectivity index (χ4n) is 1.21. The average Bonchev–Trinajstić information content (AvgIpc) is 2.30. The molecule has 0 amide bonds. The van der Waals surface area contributed by atoms with E-state index in [9.17, 15) is 5.11 Å². The number of allylic oxidation sites excluding steroid dienone is 2. The van der Waals surface area contributed by atoms with Crippen LogP contribution in [0.25, 0.3) is 0 Å². The van der Waals surface area contributed by atoms with E-state index in [2.05, 4.69) is 5.32 Å². The van der Waals surface area contributed by atoms with Crippen molar-refractivity contribution >= 4 is 0 Å². The lowest BCUT2D eigenvalue weighted by molar-refractivity contribution is 0.229. The van der Waals surface area contributed by atoms with Gasteiger partial charge in [-0.2, -0.15) is 0 Å². The van der Waals surface area contributed by atoms with Crippen molar-refractivity contribution in [2.75, 3.05) is 6.54 Å². The van der Waals surface area contributed by atoms with Gasteiger partial charge in [-0.25, -0.2) is 0 Å². The van der Waals surface area contributed by atoms with Crippen LogP contribution in [0, 0.1) is 0 Å². The lowest BCUT2D eigenvalue weighted by Crippen LogP contribution is -2.11. The van der Waals surface area contributed by atoms with Crippen LogP contribution in [0.4, 0.5) is 0 Å². The van der Waals surface area contributed by atoms with Gasteiger partial charge in [0.25, 0.3) is 0 Å². The Morgan fingerprint density at radius 1 is 1.50 bits per heavy atom. The third-order valence-corrected chi connectivity index (χ3v) is 1.76. The van der Waals surface area contributed by atoms with Gasteiger partial charge in [0.2, 0.25) is 0 Å². The van der Waals surface area contributed by atoms with Crippen molar-refractivity contribution in [2.45, 2.75) is 20.0 Å². The van der Waals surface area contributed by atoms with Crippen LogP contribution in [0.1, 0.15) is 13.8 Å². The zero-order valence-corrected chi connectivity index (χ0v) is 6.39. The molecular weight excluding hydrogens is 126 g/mol. The molecule has 0 bridgehead atoms. The topological polar surface area (TPSA) is 32.3 Å². The Labute approximate surface area is 61.3 Å². The van der Waals surface area contributed by atoms with Crippen molar-refractivity contribution in [2.24, 2.45) is 0 Å². The summed E-state index contributed by atoms with van der Waals surface area (Å²) < 4.78 is 0. The summed E-state index contributed by atoms with van der Waals surface area (Å²) in [5.41, 5.74) is 2.08. The number of aliphatic hydroxyl groups excluding tert-OH is 1. The zero-order chi connectivity index (χ0) is 7.56. The highest BCUT2D eigenvalue weighted by molar-refractivity contribution is 5.36. The molecule has 1 saturated heterocycles. The van der Waals surface area contributed by atoms with Crippen molar-refractivity contribution in [1.29, 1.82) is 0 Å². The Morgan fingerprint density at radius 2 is 2.20 bits per heavy atom. The number of β-amino-alcohol motifs (C(OH)–C–C–N with tert-alkyl or cyclic N) is 1. The largest absolute Gasteiger partial charge is 0.387 e. The lowest BCUT2D eigenvalue weighted by atomic mass is 10.1. The van der Waals surface area contributed by atoms with Gasteiger partial charge < -0.3 is 10.4 Å². The van der Waals surface area contributed by atoms with Crippen LogP contribution >= 0.6 is 0 Å². The molecule has 2 heteroatoms. The fourth-order valence-corrected chi connectivity index (χ4v) is 1.21.